The third-order valence-corrected chi connectivity index (χ3v) is 24.2. The molecule has 1 fully saturated rings. The lowest BCUT2D eigenvalue weighted by atomic mass is 10.1. The molecule has 2 atom stereocenters. The summed E-state index contributed by atoms with van der Waals surface area (Å²) in [6, 6.07) is 0. The van der Waals surface area contributed by atoms with Crippen molar-refractivity contribution < 1.29 is 0 Å². The van der Waals surface area contributed by atoms with Crippen molar-refractivity contribution in [2.24, 2.45) is 0 Å². The van der Waals surface area contributed by atoms with E-state index in [0.29, 0.717) is 0 Å². The minimum atomic E-state index is -1.25. The molecule has 1 saturated heterocycles. The maximum Gasteiger partial charge on any atom is 0.135 e. The smallest absolute Gasteiger partial charge is 0.135 e. The van der Waals surface area contributed by atoms with Crippen molar-refractivity contribution in [3.8, 4) is 0 Å². The summed E-state index contributed by atoms with van der Waals surface area (Å²) in [7, 11) is -2.71. The molecule has 0 N–H and O–H groups in total. The Hall–Kier alpha value is 1.11. The number of rotatable bonds is 1. The van der Waals surface area contributed by atoms with Crippen LogP contribution in [0.5, 0.6) is 0 Å². The molecule has 15 heavy (non-hydrogen) atoms. The highest BCUT2D eigenvalue weighted by molar-refractivity contribution is 7.91. The van der Waals surface area contributed by atoms with Crippen LogP contribution in [0.4, 0.5) is 0 Å². The lowest BCUT2D eigenvalue weighted by Crippen LogP contribution is -2.75. The molecule has 90 valence electrons. The number of nitrogens with zero attached hydrogens (tertiary/aromatic N) is 1. The standard InChI is InChI=1S/C10H25ClNPSi2/c1-10(2,3)12-13(11)9(14(4,5)6)15(12,7)8/h9H,1-8H3. The van der Waals surface area contributed by atoms with Crippen molar-refractivity contribution in [2.75, 3.05) is 0 Å². The Morgan fingerprint density at radius 2 is 1.60 bits per heavy atom. The van der Waals surface area contributed by atoms with E-state index in [1.165, 1.54) is 0 Å². The molecule has 1 aliphatic heterocycles. The zero-order valence-electron chi connectivity index (χ0n) is 11.3. The lowest BCUT2D eigenvalue weighted by Gasteiger charge is -2.65. The van der Waals surface area contributed by atoms with Crippen LogP contribution in [0.2, 0.25) is 32.7 Å². The van der Waals surface area contributed by atoms with Crippen LogP contribution in [0.25, 0.3) is 0 Å². The van der Waals surface area contributed by atoms with Crippen LogP contribution >= 0.6 is 18.7 Å². The van der Waals surface area contributed by atoms with Gasteiger partial charge in [-0.05, 0) is 20.8 Å². The Labute approximate surface area is 103 Å². The van der Waals surface area contributed by atoms with Crippen LogP contribution < -0.4 is 0 Å². The van der Waals surface area contributed by atoms with Gasteiger partial charge < -0.3 is 0 Å². The van der Waals surface area contributed by atoms with Gasteiger partial charge in [0.15, 0.2) is 0 Å². The first kappa shape index (κ1) is 14.2. The molecule has 1 aliphatic rings. The van der Waals surface area contributed by atoms with Crippen LogP contribution in [0, 0.1) is 0 Å². The number of hydrogen-bond donors (Lipinski definition) is 0. The van der Waals surface area contributed by atoms with Gasteiger partial charge in [0.05, 0.1) is 15.5 Å². The molecule has 5 heteroatoms. The molecule has 0 bridgehead atoms. The van der Waals surface area contributed by atoms with Gasteiger partial charge in [0.1, 0.15) is 8.24 Å². The quantitative estimate of drug-likeness (QED) is 0.500. The van der Waals surface area contributed by atoms with Crippen LogP contribution in [0.15, 0.2) is 0 Å². The predicted octanol–water partition coefficient (Wildman–Crippen LogP) is 4.64. The summed E-state index contributed by atoms with van der Waals surface area (Å²) in [5, 5.41) is 0. The first-order valence-corrected chi connectivity index (χ1v) is 14.5. The minimum absolute atomic E-state index is 0.263. The van der Waals surface area contributed by atoms with Gasteiger partial charge in [0, 0.05) is 10.4 Å². The number of halogens is 1. The van der Waals surface area contributed by atoms with Gasteiger partial charge in [0.2, 0.25) is 0 Å². The monoisotopic (exact) mass is 281 g/mol. The Morgan fingerprint density at radius 1 is 1.20 bits per heavy atom. The van der Waals surface area contributed by atoms with Gasteiger partial charge in [-0.25, -0.2) is 0 Å². The highest BCUT2D eigenvalue weighted by Crippen LogP contribution is 2.70. The number of hydrogen-bond acceptors (Lipinski definition) is 1. The van der Waals surface area contributed by atoms with Crippen LogP contribution in [-0.2, 0) is 0 Å². The zero-order chi connectivity index (χ0) is 12.2. The molecule has 0 aromatic heterocycles. The summed E-state index contributed by atoms with van der Waals surface area (Å²) in [6.07, 6.45) is 0. The van der Waals surface area contributed by atoms with Crippen molar-refractivity contribution in [1.82, 2.24) is 4.34 Å². The van der Waals surface area contributed by atoms with E-state index >= 15 is 0 Å². The minimum Gasteiger partial charge on any atom is -0.286 e. The molecule has 0 amide bonds. The lowest BCUT2D eigenvalue weighted by molar-refractivity contribution is 0.359. The maximum absolute atomic E-state index is 6.70. The van der Waals surface area contributed by atoms with Gasteiger partial charge in [-0.2, -0.15) is 0 Å². The molecule has 0 aliphatic carbocycles. The van der Waals surface area contributed by atoms with E-state index in [0.717, 1.165) is 4.91 Å². The van der Waals surface area contributed by atoms with E-state index in [2.05, 4.69) is 57.8 Å². The topological polar surface area (TPSA) is 3.24 Å². The summed E-state index contributed by atoms with van der Waals surface area (Å²) in [5.74, 6) is 0. The normalized spacial score (nSPS) is 32.6. The van der Waals surface area contributed by atoms with E-state index in [1.807, 2.05) is 0 Å². The summed E-state index contributed by atoms with van der Waals surface area (Å²) in [6.45, 7) is 19.4. The van der Waals surface area contributed by atoms with E-state index in [-0.39, 0.29) is 13.0 Å². The van der Waals surface area contributed by atoms with Crippen molar-refractivity contribution in [2.45, 2.75) is 64.0 Å². The SMILES string of the molecule is CC(C)(C)N1P(Cl)C([Si](C)(C)C)[Si]1(C)C. The largest absolute Gasteiger partial charge is 0.286 e. The summed E-state index contributed by atoms with van der Waals surface area (Å²) in [5.41, 5.74) is 0.263. The van der Waals surface area contributed by atoms with Crippen LogP contribution in [-0.4, -0.2) is 31.1 Å². The average Bonchev–Trinajstić information content (AvgIpc) is 1.74. The van der Waals surface area contributed by atoms with Gasteiger partial charge in [-0.1, -0.05) is 44.0 Å². The maximum atomic E-state index is 6.70. The highest BCUT2D eigenvalue weighted by atomic mass is 35.7. The van der Waals surface area contributed by atoms with E-state index < -0.39 is 16.3 Å². The second-order valence-electron chi connectivity index (χ2n) is 7.19. The van der Waals surface area contributed by atoms with Gasteiger partial charge in [-0.3, -0.25) is 4.34 Å². The van der Waals surface area contributed by atoms with Crippen molar-refractivity contribution in [1.29, 1.82) is 0 Å². The fourth-order valence-electron chi connectivity index (χ4n) is 3.21. The fourth-order valence-corrected chi connectivity index (χ4v) is 30.3. The molecule has 2 unspecified atom stereocenters. The fraction of sp³-hybridized carbons (Fsp3) is 1.00. The molecule has 0 radical (unpaired) electrons. The second-order valence-corrected chi connectivity index (χ2v) is 21.3. The Balaban J connectivity index is 2.96. The summed E-state index contributed by atoms with van der Waals surface area (Å²) >= 11 is 6.70. The van der Waals surface area contributed by atoms with E-state index in [1.54, 1.807) is 0 Å². The Bertz CT molecular complexity index is 233. The predicted molar refractivity (Wildman–Crippen MR) is 79.0 cm³/mol. The average molecular weight is 282 g/mol. The van der Waals surface area contributed by atoms with Crippen LogP contribution in [0.3, 0.4) is 0 Å². The summed E-state index contributed by atoms with van der Waals surface area (Å²) < 4.78 is 2.67. The van der Waals surface area contributed by atoms with Crippen molar-refractivity contribution in [3.05, 3.63) is 0 Å². The molecule has 1 nitrogen and oxygen atoms in total. The molecule has 0 aromatic carbocycles. The van der Waals surface area contributed by atoms with Gasteiger partial charge in [-0.15, -0.1) is 0 Å². The molecule has 0 saturated carbocycles. The summed E-state index contributed by atoms with van der Waals surface area (Å²) in [4.78, 5) is 0.890. The van der Waals surface area contributed by atoms with Crippen LogP contribution in [0.1, 0.15) is 20.8 Å². The first-order chi connectivity index (χ1) is 6.40. The van der Waals surface area contributed by atoms with E-state index in [4.69, 9.17) is 11.2 Å². The molecular weight excluding hydrogens is 257 g/mol. The van der Waals surface area contributed by atoms with Gasteiger partial charge in [0.25, 0.3) is 0 Å². The molecule has 1 heterocycles. The van der Waals surface area contributed by atoms with E-state index in [9.17, 15) is 0 Å². The third kappa shape index (κ3) is 2.37. The Kier molecular flexibility index (Phi) is 3.60. The molecule has 0 spiro atoms. The Morgan fingerprint density at radius 3 is 1.80 bits per heavy atom. The third-order valence-electron chi connectivity index (χ3n) is 3.07. The molecule has 1 rings (SSSR count). The highest BCUT2D eigenvalue weighted by Gasteiger charge is 2.63. The van der Waals surface area contributed by atoms with Gasteiger partial charge >= 0.3 is 0 Å². The molecule has 0 aromatic rings. The van der Waals surface area contributed by atoms with Crippen molar-refractivity contribution >= 4 is 35.0 Å². The van der Waals surface area contributed by atoms with Crippen molar-refractivity contribution in [3.63, 3.8) is 0 Å². The second kappa shape index (κ2) is 3.81. The first-order valence-electron chi connectivity index (χ1n) is 5.65. The molecular formula is C10H25ClNPSi2. The zero-order valence-corrected chi connectivity index (χ0v) is 15.0.